The molecule has 1 amide bonds. The van der Waals surface area contributed by atoms with Gasteiger partial charge in [0.05, 0.1) is 11.3 Å². The first kappa shape index (κ1) is 16.2. The van der Waals surface area contributed by atoms with E-state index >= 15 is 0 Å². The summed E-state index contributed by atoms with van der Waals surface area (Å²) in [6.07, 6.45) is 3.35. The lowest BCUT2D eigenvalue weighted by Crippen LogP contribution is -2.27. The van der Waals surface area contributed by atoms with Crippen LogP contribution >= 0.6 is 0 Å². The number of anilines is 1. The number of carbonyl (C=O) groups excluding carboxylic acids is 1. The number of para-hydroxylation sites is 1. The van der Waals surface area contributed by atoms with Crippen LogP contribution in [0.2, 0.25) is 0 Å². The minimum atomic E-state index is 0.0446. The van der Waals surface area contributed by atoms with Gasteiger partial charge in [0.1, 0.15) is 6.07 Å². The van der Waals surface area contributed by atoms with Crippen LogP contribution < -0.4 is 10.6 Å². The van der Waals surface area contributed by atoms with Gasteiger partial charge >= 0.3 is 0 Å². The molecule has 0 bridgehead atoms. The Bertz CT molecular complexity index is 479. The average Bonchev–Trinajstić information content (AvgIpc) is 2.50. The molecule has 0 aliphatic rings. The molecule has 0 aliphatic carbocycles. The first-order valence-electron chi connectivity index (χ1n) is 7.09. The topological polar surface area (TPSA) is 70.1 Å². The summed E-state index contributed by atoms with van der Waals surface area (Å²) in [5, 5.41) is 9.07. The molecular formula is C16H23N3O. The third-order valence-electron chi connectivity index (χ3n) is 3.68. The third-order valence-corrected chi connectivity index (χ3v) is 3.68. The minimum Gasteiger partial charge on any atom is -0.330 e. The van der Waals surface area contributed by atoms with Crippen LogP contribution in [0.5, 0.6) is 0 Å². The zero-order valence-corrected chi connectivity index (χ0v) is 12.3. The molecule has 0 fully saturated rings. The molecule has 0 aromatic heterocycles. The standard InChI is InChI=1S/C16H23N3O/c1-3-13(10-11-17)8-9-16(20)19(2)15-7-5-4-6-14(15)12-18/h4-7,13H,3,8-11,17H2,1-2H3. The Morgan fingerprint density at radius 1 is 1.40 bits per heavy atom. The van der Waals surface area contributed by atoms with E-state index in [1.165, 1.54) is 0 Å². The van der Waals surface area contributed by atoms with Crippen molar-refractivity contribution in [1.29, 1.82) is 5.26 Å². The SMILES string of the molecule is CCC(CCN)CCC(=O)N(C)c1ccccc1C#N. The molecule has 1 rings (SSSR count). The predicted octanol–water partition coefficient (Wildman–Crippen LogP) is 2.68. The van der Waals surface area contributed by atoms with Gasteiger partial charge in [0.25, 0.3) is 0 Å². The Hall–Kier alpha value is -1.86. The second-order valence-electron chi connectivity index (χ2n) is 4.97. The van der Waals surface area contributed by atoms with E-state index in [1.807, 2.05) is 6.07 Å². The van der Waals surface area contributed by atoms with Crippen LogP contribution in [0, 0.1) is 17.2 Å². The number of amides is 1. The minimum absolute atomic E-state index is 0.0446. The van der Waals surface area contributed by atoms with Crippen molar-refractivity contribution < 1.29 is 4.79 Å². The maximum Gasteiger partial charge on any atom is 0.226 e. The highest BCUT2D eigenvalue weighted by molar-refractivity contribution is 5.94. The molecule has 0 radical (unpaired) electrons. The van der Waals surface area contributed by atoms with Crippen molar-refractivity contribution in [2.45, 2.75) is 32.6 Å². The Morgan fingerprint density at radius 2 is 2.10 bits per heavy atom. The van der Waals surface area contributed by atoms with Crippen LogP contribution in [-0.4, -0.2) is 19.5 Å². The molecule has 2 N–H and O–H groups in total. The maximum absolute atomic E-state index is 12.2. The van der Waals surface area contributed by atoms with E-state index < -0.39 is 0 Å². The lowest BCUT2D eigenvalue weighted by Gasteiger charge is -2.20. The molecule has 1 aromatic carbocycles. The van der Waals surface area contributed by atoms with E-state index in [1.54, 1.807) is 30.1 Å². The second kappa shape index (κ2) is 8.34. The Balaban J connectivity index is 2.65. The molecule has 1 unspecified atom stereocenters. The first-order chi connectivity index (χ1) is 9.63. The van der Waals surface area contributed by atoms with Crippen LogP contribution in [-0.2, 0) is 4.79 Å². The molecule has 4 nitrogen and oxygen atoms in total. The van der Waals surface area contributed by atoms with Gasteiger partial charge in [-0.2, -0.15) is 5.26 Å². The molecule has 0 spiro atoms. The van der Waals surface area contributed by atoms with E-state index in [0.29, 0.717) is 30.1 Å². The summed E-state index contributed by atoms with van der Waals surface area (Å²) in [4.78, 5) is 13.8. The van der Waals surface area contributed by atoms with Gasteiger partial charge in [-0.15, -0.1) is 0 Å². The van der Waals surface area contributed by atoms with Crippen molar-refractivity contribution in [2.75, 3.05) is 18.5 Å². The summed E-state index contributed by atoms with van der Waals surface area (Å²) < 4.78 is 0. The quantitative estimate of drug-likeness (QED) is 0.830. The van der Waals surface area contributed by atoms with Gasteiger partial charge < -0.3 is 10.6 Å². The fourth-order valence-electron chi connectivity index (χ4n) is 2.28. The van der Waals surface area contributed by atoms with Crippen molar-refractivity contribution in [3.05, 3.63) is 29.8 Å². The van der Waals surface area contributed by atoms with E-state index in [9.17, 15) is 4.79 Å². The van der Waals surface area contributed by atoms with Crippen molar-refractivity contribution in [2.24, 2.45) is 11.7 Å². The van der Waals surface area contributed by atoms with Crippen LogP contribution in [0.4, 0.5) is 5.69 Å². The fourth-order valence-corrected chi connectivity index (χ4v) is 2.28. The highest BCUT2D eigenvalue weighted by Crippen LogP contribution is 2.21. The van der Waals surface area contributed by atoms with Crippen LogP contribution in [0.15, 0.2) is 24.3 Å². The molecule has 0 heterocycles. The Labute approximate surface area is 121 Å². The summed E-state index contributed by atoms with van der Waals surface area (Å²) in [5.74, 6) is 0.548. The number of carbonyl (C=O) groups is 1. The first-order valence-corrected chi connectivity index (χ1v) is 7.09. The van der Waals surface area contributed by atoms with Gasteiger partial charge in [-0.05, 0) is 37.4 Å². The number of nitrogens with zero attached hydrogens (tertiary/aromatic N) is 2. The van der Waals surface area contributed by atoms with E-state index in [0.717, 1.165) is 19.3 Å². The van der Waals surface area contributed by atoms with Crippen LogP contribution in [0.1, 0.15) is 38.2 Å². The van der Waals surface area contributed by atoms with Crippen molar-refractivity contribution in [3.63, 3.8) is 0 Å². The predicted molar refractivity (Wildman–Crippen MR) is 81.3 cm³/mol. The Kier molecular flexibility index (Phi) is 6.75. The molecular weight excluding hydrogens is 250 g/mol. The zero-order valence-electron chi connectivity index (χ0n) is 12.3. The monoisotopic (exact) mass is 273 g/mol. The summed E-state index contributed by atoms with van der Waals surface area (Å²) in [6.45, 7) is 2.79. The summed E-state index contributed by atoms with van der Waals surface area (Å²) in [5.41, 5.74) is 6.77. The highest BCUT2D eigenvalue weighted by Gasteiger charge is 2.15. The highest BCUT2D eigenvalue weighted by atomic mass is 16.2. The summed E-state index contributed by atoms with van der Waals surface area (Å²) >= 11 is 0. The molecule has 0 saturated heterocycles. The van der Waals surface area contributed by atoms with Crippen molar-refractivity contribution in [1.82, 2.24) is 0 Å². The smallest absolute Gasteiger partial charge is 0.226 e. The molecule has 0 aliphatic heterocycles. The molecule has 108 valence electrons. The third kappa shape index (κ3) is 4.36. The van der Waals surface area contributed by atoms with E-state index in [-0.39, 0.29) is 5.91 Å². The lowest BCUT2D eigenvalue weighted by molar-refractivity contribution is -0.118. The summed E-state index contributed by atoms with van der Waals surface area (Å²) in [7, 11) is 1.72. The number of nitriles is 1. The number of hydrogen-bond donors (Lipinski definition) is 1. The van der Waals surface area contributed by atoms with Gasteiger partial charge in [-0.25, -0.2) is 0 Å². The lowest BCUT2D eigenvalue weighted by atomic mass is 9.96. The number of nitrogens with two attached hydrogens (primary N) is 1. The zero-order chi connectivity index (χ0) is 15.0. The van der Waals surface area contributed by atoms with E-state index in [4.69, 9.17) is 11.0 Å². The van der Waals surface area contributed by atoms with Gasteiger partial charge in [-0.3, -0.25) is 4.79 Å². The molecule has 20 heavy (non-hydrogen) atoms. The number of rotatable bonds is 7. The summed E-state index contributed by atoms with van der Waals surface area (Å²) in [6, 6.07) is 9.28. The molecule has 0 saturated carbocycles. The van der Waals surface area contributed by atoms with Gasteiger partial charge in [-0.1, -0.05) is 25.5 Å². The van der Waals surface area contributed by atoms with Crippen molar-refractivity contribution in [3.8, 4) is 6.07 Å². The second-order valence-corrected chi connectivity index (χ2v) is 4.97. The largest absolute Gasteiger partial charge is 0.330 e. The molecule has 1 atom stereocenters. The van der Waals surface area contributed by atoms with Gasteiger partial charge in [0.2, 0.25) is 5.91 Å². The average molecular weight is 273 g/mol. The van der Waals surface area contributed by atoms with E-state index in [2.05, 4.69) is 13.0 Å². The Morgan fingerprint density at radius 3 is 2.70 bits per heavy atom. The van der Waals surface area contributed by atoms with Crippen molar-refractivity contribution >= 4 is 11.6 Å². The normalized spacial score (nSPS) is 11.7. The number of benzene rings is 1. The molecule has 1 aromatic rings. The maximum atomic E-state index is 12.2. The van der Waals surface area contributed by atoms with Crippen LogP contribution in [0.25, 0.3) is 0 Å². The number of hydrogen-bond acceptors (Lipinski definition) is 3. The fraction of sp³-hybridized carbons (Fsp3) is 0.500. The van der Waals surface area contributed by atoms with Crippen LogP contribution in [0.3, 0.4) is 0 Å². The van der Waals surface area contributed by atoms with Gasteiger partial charge in [0.15, 0.2) is 0 Å². The van der Waals surface area contributed by atoms with Gasteiger partial charge in [0, 0.05) is 13.5 Å². The molecule has 4 heteroatoms.